The molecule has 0 radical (unpaired) electrons. The van der Waals surface area contributed by atoms with E-state index < -0.39 is 0 Å². The fourth-order valence-corrected chi connectivity index (χ4v) is 2.52. The summed E-state index contributed by atoms with van der Waals surface area (Å²) in [4.78, 5) is 30.5. The first kappa shape index (κ1) is 16.6. The van der Waals surface area contributed by atoms with Gasteiger partial charge in [-0.25, -0.2) is 4.98 Å². The van der Waals surface area contributed by atoms with Crippen molar-refractivity contribution in [2.75, 3.05) is 7.05 Å². The molecule has 3 rings (SSSR count). The van der Waals surface area contributed by atoms with Crippen LogP contribution in [0.25, 0.3) is 11.3 Å². The average Bonchev–Trinajstić information content (AvgIpc) is 2.65. The van der Waals surface area contributed by atoms with Gasteiger partial charge in [-0.1, -0.05) is 60.7 Å². The molecule has 0 aliphatic carbocycles. The van der Waals surface area contributed by atoms with E-state index in [9.17, 15) is 9.59 Å². The van der Waals surface area contributed by atoms with Crippen molar-refractivity contribution in [1.82, 2.24) is 14.5 Å². The van der Waals surface area contributed by atoms with Gasteiger partial charge in [-0.3, -0.25) is 14.2 Å². The number of aromatic nitrogens is 2. The zero-order chi connectivity index (χ0) is 17.6. The van der Waals surface area contributed by atoms with Crippen LogP contribution in [0.4, 0.5) is 0 Å². The highest BCUT2D eigenvalue weighted by atomic mass is 16.2. The number of nitrogens with zero attached hydrogens (tertiary/aromatic N) is 3. The molecule has 0 spiro atoms. The van der Waals surface area contributed by atoms with Gasteiger partial charge in [-0.15, -0.1) is 0 Å². The Labute approximate surface area is 146 Å². The van der Waals surface area contributed by atoms with Gasteiger partial charge in [0.1, 0.15) is 6.54 Å². The van der Waals surface area contributed by atoms with Crippen LogP contribution in [-0.4, -0.2) is 27.4 Å². The van der Waals surface area contributed by atoms with E-state index in [0.29, 0.717) is 12.2 Å². The molecule has 0 saturated heterocycles. The lowest BCUT2D eigenvalue weighted by Crippen LogP contribution is -2.33. The molecule has 0 atom stereocenters. The average molecular weight is 333 g/mol. The first-order valence-electron chi connectivity index (χ1n) is 8.03. The summed E-state index contributed by atoms with van der Waals surface area (Å²) in [5, 5.41) is 0. The van der Waals surface area contributed by atoms with E-state index in [0.717, 1.165) is 11.1 Å². The standard InChI is InChI=1S/C20H19N3O2/c1-22(13-16-8-4-2-5-9-16)20(25)14-23-15-21-18(12-19(23)24)17-10-6-3-7-11-17/h2-12,15H,13-14H2,1H3. The molecule has 5 nitrogen and oxygen atoms in total. The Bertz CT molecular complexity index is 905. The minimum atomic E-state index is -0.240. The SMILES string of the molecule is CN(Cc1ccccc1)C(=O)Cn1cnc(-c2ccccc2)cc1=O. The summed E-state index contributed by atoms with van der Waals surface area (Å²) >= 11 is 0. The molecular weight excluding hydrogens is 314 g/mol. The Morgan fingerprint density at radius 3 is 2.32 bits per heavy atom. The van der Waals surface area contributed by atoms with Gasteiger partial charge < -0.3 is 4.90 Å². The molecule has 0 unspecified atom stereocenters. The number of hydrogen-bond donors (Lipinski definition) is 0. The van der Waals surface area contributed by atoms with E-state index in [1.807, 2.05) is 60.7 Å². The van der Waals surface area contributed by atoms with Crippen LogP contribution in [0.1, 0.15) is 5.56 Å². The topological polar surface area (TPSA) is 55.2 Å². The summed E-state index contributed by atoms with van der Waals surface area (Å²) in [7, 11) is 1.73. The van der Waals surface area contributed by atoms with Crippen molar-refractivity contribution in [3.05, 3.63) is 89.0 Å². The number of hydrogen-bond acceptors (Lipinski definition) is 3. The molecule has 0 fully saturated rings. The van der Waals surface area contributed by atoms with Crippen LogP contribution >= 0.6 is 0 Å². The molecule has 0 bridgehead atoms. The van der Waals surface area contributed by atoms with Crippen molar-refractivity contribution >= 4 is 5.91 Å². The minimum absolute atomic E-state index is 0.0236. The van der Waals surface area contributed by atoms with Crippen molar-refractivity contribution in [2.45, 2.75) is 13.1 Å². The molecule has 0 aliphatic rings. The van der Waals surface area contributed by atoms with Gasteiger partial charge in [0.15, 0.2) is 0 Å². The lowest BCUT2D eigenvalue weighted by atomic mass is 10.1. The molecule has 1 aromatic heterocycles. The summed E-state index contributed by atoms with van der Waals surface area (Å²) in [6, 6.07) is 20.7. The number of likely N-dealkylation sites (N-methyl/N-ethyl adjacent to an activating group) is 1. The second-order valence-corrected chi connectivity index (χ2v) is 5.84. The molecule has 0 aliphatic heterocycles. The van der Waals surface area contributed by atoms with Crippen LogP contribution in [-0.2, 0) is 17.9 Å². The Morgan fingerprint density at radius 2 is 1.68 bits per heavy atom. The van der Waals surface area contributed by atoms with E-state index in [2.05, 4.69) is 4.98 Å². The zero-order valence-electron chi connectivity index (χ0n) is 14.0. The monoisotopic (exact) mass is 333 g/mol. The van der Waals surface area contributed by atoms with Crippen LogP contribution in [0.3, 0.4) is 0 Å². The van der Waals surface area contributed by atoms with Crippen molar-refractivity contribution in [3.63, 3.8) is 0 Å². The van der Waals surface area contributed by atoms with E-state index in [4.69, 9.17) is 0 Å². The van der Waals surface area contributed by atoms with Crippen molar-refractivity contribution in [2.24, 2.45) is 0 Å². The largest absolute Gasteiger partial charge is 0.340 e. The molecule has 0 N–H and O–H groups in total. The van der Waals surface area contributed by atoms with Crippen LogP contribution in [0.5, 0.6) is 0 Å². The summed E-state index contributed by atoms with van der Waals surface area (Å²) in [5.41, 5.74) is 2.28. The first-order valence-corrected chi connectivity index (χ1v) is 8.03. The molecule has 1 heterocycles. The highest BCUT2D eigenvalue weighted by molar-refractivity contribution is 5.75. The number of benzene rings is 2. The van der Waals surface area contributed by atoms with Crippen molar-refractivity contribution in [3.8, 4) is 11.3 Å². The van der Waals surface area contributed by atoms with Gasteiger partial charge >= 0.3 is 0 Å². The van der Waals surface area contributed by atoms with E-state index >= 15 is 0 Å². The maximum atomic E-state index is 12.4. The van der Waals surface area contributed by atoms with E-state index in [-0.39, 0.29) is 18.0 Å². The Kier molecular flexibility index (Phi) is 5.04. The number of rotatable bonds is 5. The number of carbonyl (C=O) groups excluding carboxylic acids is 1. The molecule has 0 saturated carbocycles. The molecule has 5 heteroatoms. The quantitative estimate of drug-likeness (QED) is 0.721. The summed E-state index contributed by atoms with van der Waals surface area (Å²) < 4.78 is 1.33. The predicted molar refractivity (Wildman–Crippen MR) is 96.8 cm³/mol. The third-order valence-corrected chi connectivity index (χ3v) is 3.94. The van der Waals surface area contributed by atoms with Crippen molar-refractivity contribution in [1.29, 1.82) is 0 Å². The first-order chi connectivity index (χ1) is 12.1. The normalized spacial score (nSPS) is 10.4. The summed E-state index contributed by atoms with van der Waals surface area (Å²) in [6.45, 7) is 0.480. The van der Waals surface area contributed by atoms with Gasteiger partial charge in [0, 0.05) is 25.2 Å². The zero-order valence-corrected chi connectivity index (χ0v) is 14.0. The second kappa shape index (κ2) is 7.57. The molecule has 1 amide bonds. The third kappa shape index (κ3) is 4.20. The van der Waals surface area contributed by atoms with Crippen LogP contribution in [0.15, 0.2) is 77.9 Å². The smallest absolute Gasteiger partial charge is 0.254 e. The molecule has 2 aromatic carbocycles. The summed E-state index contributed by atoms with van der Waals surface area (Å²) in [5.74, 6) is -0.139. The lowest BCUT2D eigenvalue weighted by Gasteiger charge is -2.18. The fourth-order valence-electron chi connectivity index (χ4n) is 2.52. The van der Waals surface area contributed by atoms with Gasteiger partial charge in [0.2, 0.25) is 5.91 Å². The Hall–Kier alpha value is -3.21. The van der Waals surface area contributed by atoms with Gasteiger partial charge in [-0.2, -0.15) is 0 Å². The highest BCUT2D eigenvalue weighted by Gasteiger charge is 2.11. The Morgan fingerprint density at radius 1 is 1.04 bits per heavy atom. The van der Waals surface area contributed by atoms with Gasteiger partial charge in [-0.05, 0) is 5.56 Å². The van der Waals surface area contributed by atoms with E-state index in [1.54, 1.807) is 11.9 Å². The predicted octanol–water partition coefficient (Wildman–Crippen LogP) is 2.57. The molecular formula is C20H19N3O2. The van der Waals surface area contributed by atoms with Crippen LogP contribution < -0.4 is 5.56 Å². The number of carbonyl (C=O) groups is 1. The van der Waals surface area contributed by atoms with E-state index in [1.165, 1.54) is 17.0 Å². The molecule has 3 aromatic rings. The highest BCUT2D eigenvalue weighted by Crippen LogP contribution is 2.13. The van der Waals surface area contributed by atoms with Gasteiger partial charge in [0.05, 0.1) is 12.0 Å². The van der Waals surface area contributed by atoms with Crippen LogP contribution in [0, 0.1) is 0 Å². The maximum absolute atomic E-state index is 12.4. The molecule has 126 valence electrons. The minimum Gasteiger partial charge on any atom is -0.340 e. The Balaban J connectivity index is 1.70. The lowest BCUT2D eigenvalue weighted by molar-refractivity contribution is -0.131. The third-order valence-electron chi connectivity index (χ3n) is 3.94. The van der Waals surface area contributed by atoms with Crippen LogP contribution in [0.2, 0.25) is 0 Å². The fraction of sp³-hybridized carbons (Fsp3) is 0.150. The summed E-state index contributed by atoms with van der Waals surface area (Å²) in [6.07, 6.45) is 1.43. The second-order valence-electron chi connectivity index (χ2n) is 5.84. The maximum Gasteiger partial charge on any atom is 0.254 e. The number of amides is 1. The van der Waals surface area contributed by atoms with Gasteiger partial charge in [0.25, 0.3) is 5.56 Å². The van der Waals surface area contributed by atoms with Crippen molar-refractivity contribution < 1.29 is 4.79 Å². The molecule has 25 heavy (non-hydrogen) atoms.